The fraction of sp³-hybridized carbons (Fsp3) is 0.308. The highest BCUT2D eigenvalue weighted by Gasteiger charge is 2.13. The molecule has 0 aliphatic rings. The lowest BCUT2D eigenvalue weighted by Gasteiger charge is -2.14. The highest BCUT2D eigenvalue weighted by Crippen LogP contribution is 2.19. The number of amides is 1. The van der Waals surface area contributed by atoms with Gasteiger partial charge in [-0.05, 0) is 24.6 Å². The van der Waals surface area contributed by atoms with E-state index in [1.165, 1.54) is 4.90 Å². The number of anilines is 1. The Morgan fingerprint density at radius 1 is 1.32 bits per heavy atom. The molecule has 5 nitrogen and oxygen atoms in total. The lowest BCUT2D eigenvalue weighted by Crippen LogP contribution is -2.23. The molecule has 0 aromatic heterocycles. The number of carbonyl (C=O) groups excluding carboxylic acids is 1. The summed E-state index contributed by atoms with van der Waals surface area (Å²) in [5.74, 6) is -0.176. The second kappa shape index (κ2) is 5.88. The van der Waals surface area contributed by atoms with Crippen LogP contribution in [0.2, 0.25) is 0 Å². The third-order valence-corrected chi connectivity index (χ3v) is 2.95. The van der Waals surface area contributed by atoms with E-state index in [1.807, 2.05) is 13.0 Å². The summed E-state index contributed by atoms with van der Waals surface area (Å²) in [5.41, 5.74) is 1.58. The Kier molecular flexibility index (Phi) is 4.72. The minimum atomic E-state index is -3.36. The molecule has 1 N–H and O–H groups in total. The summed E-state index contributed by atoms with van der Waals surface area (Å²) in [5, 5.41) is 0. The van der Waals surface area contributed by atoms with Crippen molar-refractivity contribution in [3.8, 4) is 0 Å². The van der Waals surface area contributed by atoms with Gasteiger partial charge in [0.2, 0.25) is 10.0 Å². The van der Waals surface area contributed by atoms with E-state index in [9.17, 15) is 13.2 Å². The quantitative estimate of drug-likeness (QED) is 0.915. The molecule has 0 bridgehead atoms. The standard InChI is InChI=1S/C13H18N2O3S/c1-5-6-10-7-8-11(14-19(4,17)18)9-12(10)13(16)15(2)3/h5-9,14H,1-4H3/b6-5+. The van der Waals surface area contributed by atoms with Gasteiger partial charge in [-0.3, -0.25) is 9.52 Å². The van der Waals surface area contributed by atoms with Gasteiger partial charge in [-0.2, -0.15) is 0 Å². The number of carbonyl (C=O) groups is 1. The van der Waals surface area contributed by atoms with Crippen molar-refractivity contribution in [2.45, 2.75) is 6.92 Å². The molecule has 6 heteroatoms. The second-order valence-corrected chi connectivity index (χ2v) is 6.12. The average molecular weight is 282 g/mol. The number of sulfonamides is 1. The van der Waals surface area contributed by atoms with Crippen molar-refractivity contribution < 1.29 is 13.2 Å². The third-order valence-electron chi connectivity index (χ3n) is 2.34. The van der Waals surface area contributed by atoms with E-state index < -0.39 is 10.0 Å². The van der Waals surface area contributed by atoms with Gasteiger partial charge >= 0.3 is 0 Å². The van der Waals surface area contributed by atoms with E-state index in [0.717, 1.165) is 11.8 Å². The summed E-state index contributed by atoms with van der Waals surface area (Å²) in [6.45, 7) is 1.85. The summed E-state index contributed by atoms with van der Waals surface area (Å²) in [6.07, 6.45) is 4.70. The van der Waals surface area contributed by atoms with Crippen molar-refractivity contribution in [2.75, 3.05) is 25.1 Å². The van der Waals surface area contributed by atoms with E-state index >= 15 is 0 Å². The Bertz CT molecular complexity index is 604. The van der Waals surface area contributed by atoms with Crippen LogP contribution in [-0.4, -0.2) is 39.6 Å². The predicted octanol–water partition coefficient (Wildman–Crippen LogP) is 1.79. The SMILES string of the molecule is C/C=C/c1ccc(NS(C)(=O)=O)cc1C(=O)N(C)C. The smallest absolute Gasteiger partial charge is 0.254 e. The number of hydrogen-bond donors (Lipinski definition) is 1. The topological polar surface area (TPSA) is 66.5 Å². The molecule has 0 aliphatic heterocycles. The molecule has 1 rings (SSSR count). The molecule has 0 saturated carbocycles. The van der Waals surface area contributed by atoms with Crippen LogP contribution in [0.15, 0.2) is 24.3 Å². The highest BCUT2D eigenvalue weighted by atomic mass is 32.2. The van der Waals surface area contributed by atoms with Gasteiger partial charge in [-0.15, -0.1) is 0 Å². The molecule has 1 amide bonds. The molecule has 0 radical (unpaired) electrons. The number of benzene rings is 1. The zero-order valence-corrected chi connectivity index (χ0v) is 12.3. The number of hydrogen-bond acceptors (Lipinski definition) is 3. The van der Waals surface area contributed by atoms with E-state index in [-0.39, 0.29) is 5.91 Å². The predicted molar refractivity (Wildman–Crippen MR) is 77.6 cm³/mol. The van der Waals surface area contributed by atoms with Gasteiger partial charge < -0.3 is 4.90 Å². The molecular weight excluding hydrogens is 264 g/mol. The first-order valence-corrected chi connectivity index (χ1v) is 7.60. The van der Waals surface area contributed by atoms with Crippen LogP contribution in [0, 0.1) is 0 Å². The monoisotopic (exact) mass is 282 g/mol. The Labute approximate surface area is 114 Å². The fourth-order valence-electron chi connectivity index (χ4n) is 1.58. The van der Waals surface area contributed by atoms with Crippen molar-refractivity contribution in [1.29, 1.82) is 0 Å². The zero-order chi connectivity index (χ0) is 14.6. The number of rotatable bonds is 4. The van der Waals surface area contributed by atoms with Crippen molar-refractivity contribution in [3.05, 3.63) is 35.4 Å². The number of nitrogens with one attached hydrogen (secondary N) is 1. The zero-order valence-electron chi connectivity index (χ0n) is 11.5. The van der Waals surface area contributed by atoms with Crippen LogP contribution >= 0.6 is 0 Å². The first-order chi connectivity index (χ1) is 8.74. The summed E-state index contributed by atoms with van der Waals surface area (Å²) in [7, 11) is -0.0555. The van der Waals surface area contributed by atoms with Gasteiger partial charge in [0.1, 0.15) is 0 Å². The van der Waals surface area contributed by atoms with Gasteiger partial charge in [-0.1, -0.05) is 18.2 Å². The number of allylic oxidation sites excluding steroid dienone is 1. The molecule has 0 saturated heterocycles. The van der Waals surface area contributed by atoms with Crippen LogP contribution in [0.5, 0.6) is 0 Å². The first kappa shape index (κ1) is 15.2. The van der Waals surface area contributed by atoms with E-state index in [1.54, 1.807) is 38.4 Å². The fourth-order valence-corrected chi connectivity index (χ4v) is 2.14. The largest absolute Gasteiger partial charge is 0.345 e. The average Bonchev–Trinajstić information content (AvgIpc) is 2.28. The second-order valence-electron chi connectivity index (χ2n) is 4.38. The Morgan fingerprint density at radius 2 is 1.95 bits per heavy atom. The lowest BCUT2D eigenvalue weighted by molar-refractivity contribution is 0.0827. The van der Waals surface area contributed by atoms with Gasteiger partial charge in [0.15, 0.2) is 0 Å². The molecule has 1 aromatic rings. The van der Waals surface area contributed by atoms with Gasteiger partial charge in [0, 0.05) is 25.3 Å². The molecule has 104 valence electrons. The van der Waals surface area contributed by atoms with Gasteiger partial charge in [0.05, 0.1) is 6.26 Å². The van der Waals surface area contributed by atoms with Crippen molar-refractivity contribution in [3.63, 3.8) is 0 Å². The maximum atomic E-state index is 12.1. The Morgan fingerprint density at radius 3 is 2.42 bits per heavy atom. The molecule has 0 aliphatic carbocycles. The van der Waals surface area contributed by atoms with Crippen LogP contribution in [-0.2, 0) is 10.0 Å². The Hall–Kier alpha value is -1.82. The molecule has 0 spiro atoms. The minimum Gasteiger partial charge on any atom is -0.345 e. The molecule has 0 fully saturated rings. The maximum Gasteiger partial charge on any atom is 0.254 e. The molecule has 0 atom stereocenters. The van der Waals surface area contributed by atoms with Crippen LogP contribution in [0.4, 0.5) is 5.69 Å². The summed E-state index contributed by atoms with van der Waals surface area (Å²) in [4.78, 5) is 13.5. The Balaban J connectivity index is 3.30. The van der Waals surface area contributed by atoms with Gasteiger partial charge in [0.25, 0.3) is 5.91 Å². The molecule has 1 aromatic carbocycles. The van der Waals surface area contributed by atoms with Crippen molar-refractivity contribution >= 4 is 27.7 Å². The third kappa shape index (κ3) is 4.40. The molecule has 0 heterocycles. The van der Waals surface area contributed by atoms with Crippen molar-refractivity contribution in [2.24, 2.45) is 0 Å². The molecule has 19 heavy (non-hydrogen) atoms. The molecule has 0 unspecified atom stereocenters. The first-order valence-electron chi connectivity index (χ1n) is 5.71. The normalized spacial score (nSPS) is 11.6. The maximum absolute atomic E-state index is 12.1. The van der Waals surface area contributed by atoms with Crippen molar-refractivity contribution in [1.82, 2.24) is 4.90 Å². The van der Waals surface area contributed by atoms with E-state index in [2.05, 4.69) is 4.72 Å². The van der Waals surface area contributed by atoms with Crippen LogP contribution in [0.1, 0.15) is 22.8 Å². The highest BCUT2D eigenvalue weighted by molar-refractivity contribution is 7.92. The van der Waals surface area contributed by atoms with E-state index in [4.69, 9.17) is 0 Å². The molecular formula is C13H18N2O3S. The summed E-state index contributed by atoms with van der Waals surface area (Å²) in [6, 6.07) is 4.88. The van der Waals surface area contributed by atoms with Crippen LogP contribution in [0.25, 0.3) is 6.08 Å². The van der Waals surface area contributed by atoms with Gasteiger partial charge in [-0.25, -0.2) is 8.42 Å². The lowest BCUT2D eigenvalue weighted by atomic mass is 10.0. The minimum absolute atomic E-state index is 0.176. The summed E-state index contributed by atoms with van der Waals surface area (Å²) < 4.78 is 24.8. The van der Waals surface area contributed by atoms with Crippen LogP contribution < -0.4 is 4.72 Å². The van der Waals surface area contributed by atoms with Crippen LogP contribution in [0.3, 0.4) is 0 Å². The number of nitrogens with zero attached hydrogens (tertiary/aromatic N) is 1. The summed E-state index contributed by atoms with van der Waals surface area (Å²) >= 11 is 0. The van der Waals surface area contributed by atoms with E-state index in [0.29, 0.717) is 11.3 Å².